The number of thiocarbonyl (C=S) groups is 2. The van der Waals surface area contributed by atoms with E-state index in [1.165, 1.54) is 31.4 Å². The second kappa shape index (κ2) is 18.0. The van der Waals surface area contributed by atoms with Crippen LogP contribution < -0.4 is 26.6 Å². The van der Waals surface area contributed by atoms with Crippen molar-refractivity contribution in [3.05, 3.63) is 59.7 Å². The molecule has 0 aromatic heterocycles. The van der Waals surface area contributed by atoms with Gasteiger partial charge in [-0.25, -0.2) is 0 Å². The Hall–Kier alpha value is -3.87. The molecule has 11 atom stereocenters. The van der Waals surface area contributed by atoms with Crippen molar-refractivity contribution in [3.8, 4) is 0 Å². The fraction of sp³-hybridized carbons (Fsp3) is 0.628. The minimum absolute atomic E-state index is 0.00463. The van der Waals surface area contributed by atoms with E-state index >= 15 is 0 Å². The van der Waals surface area contributed by atoms with Gasteiger partial charge in [-0.2, -0.15) is 39.5 Å². The first-order valence-electron chi connectivity index (χ1n) is 20.8. The number of carbonyl (C=O) groups is 2. The molecule has 2 aromatic rings. The largest absolute Gasteiger partial charge is 0.471 e. The van der Waals surface area contributed by atoms with Gasteiger partial charge in [-0.15, -0.1) is 0 Å². The van der Waals surface area contributed by atoms with Gasteiger partial charge in [0.1, 0.15) is 0 Å². The molecule has 19 heteroatoms. The number of ether oxygens (including phenoxy) is 1. The van der Waals surface area contributed by atoms with E-state index in [9.17, 15) is 49.1 Å². The molecular weight excluding hydrogens is 870 g/mol. The summed E-state index contributed by atoms with van der Waals surface area (Å²) < 4.78 is 125. The quantitative estimate of drug-likeness (QED) is 0.0956. The summed E-state index contributed by atoms with van der Waals surface area (Å²) in [6.07, 6.45) is -9.58. The SMILES string of the molecule is COC(=O)CC[C@@H](C)[C@H]1CC[C@H]2[C@@H]3[C@H](NC(=S)Nc4ccc(C(F)(F)F)cc4)C[C@@H]4C[C@H](NC(=O)C(F)(F)F)CC[C@]4(C)[C@H]3C[C@H](NC(=S)Nc3ccc(C(F)(F)F)cc3)[C@]12C. The molecule has 5 N–H and O–H groups in total. The van der Waals surface area contributed by atoms with Gasteiger partial charge in [-0.3, -0.25) is 9.59 Å². The minimum atomic E-state index is -5.05. The molecule has 4 fully saturated rings. The topological polar surface area (TPSA) is 104 Å². The highest BCUT2D eigenvalue weighted by molar-refractivity contribution is 7.80. The molecule has 0 spiro atoms. The van der Waals surface area contributed by atoms with E-state index in [1.54, 1.807) is 0 Å². The maximum Gasteiger partial charge on any atom is 0.471 e. The second-order valence-electron chi connectivity index (χ2n) is 18.1. The molecule has 0 unspecified atom stereocenters. The monoisotopic (exact) mass is 921 g/mol. The predicted octanol–water partition coefficient (Wildman–Crippen LogP) is 10.2. The first-order chi connectivity index (χ1) is 28.8. The van der Waals surface area contributed by atoms with Crippen molar-refractivity contribution in [2.24, 2.45) is 46.3 Å². The first-order valence-corrected chi connectivity index (χ1v) is 21.6. The molecule has 4 saturated carbocycles. The van der Waals surface area contributed by atoms with Crippen LogP contribution in [-0.2, 0) is 26.7 Å². The lowest BCUT2D eigenvalue weighted by Crippen LogP contribution is -2.68. The molecule has 8 nitrogen and oxygen atoms in total. The number of alkyl halides is 9. The Bertz CT molecular complexity index is 1970. The molecular formula is C43H52F9N5O3S2. The maximum absolute atomic E-state index is 13.4. The number of carbonyl (C=O) groups excluding carboxylic acids is 2. The lowest BCUT2D eigenvalue weighted by Gasteiger charge is -2.65. The van der Waals surface area contributed by atoms with Crippen molar-refractivity contribution < 1.29 is 53.8 Å². The molecule has 62 heavy (non-hydrogen) atoms. The number of halogens is 9. The zero-order chi connectivity index (χ0) is 45.6. The lowest BCUT2D eigenvalue weighted by atomic mass is 9.42. The van der Waals surface area contributed by atoms with Crippen LogP contribution in [0.1, 0.15) is 89.7 Å². The van der Waals surface area contributed by atoms with Crippen LogP contribution in [0.3, 0.4) is 0 Å². The Balaban J connectivity index is 1.34. The second-order valence-corrected chi connectivity index (χ2v) is 18.9. The molecule has 2 aromatic carbocycles. The van der Waals surface area contributed by atoms with Crippen LogP contribution in [0.4, 0.5) is 50.9 Å². The third kappa shape index (κ3) is 10.1. The van der Waals surface area contributed by atoms with Gasteiger partial charge < -0.3 is 31.3 Å². The van der Waals surface area contributed by atoms with Crippen LogP contribution in [0.15, 0.2) is 48.5 Å². The van der Waals surface area contributed by atoms with E-state index in [2.05, 4.69) is 47.4 Å². The van der Waals surface area contributed by atoms with Gasteiger partial charge in [-0.1, -0.05) is 20.8 Å². The number of hydrogen-bond acceptors (Lipinski definition) is 5. The fourth-order valence-corrected chi connectivity index (χ4v) is 12.3. The standard InChI is InChI=1S/C43H52F9N5O3S2/c1-22(5-16-34(58)60-4)29-14-15-30-35-31(21-33(40(29,30)3)57-38(62)55-27-12-8-24(9-13-27)42(47,48)49)39(2)18-17-28(53-36(59)43(50,51)52)19-25(39)20-32(35)56-37(61)54-26-10-6-23(7-11-26)41(44,45)46/h6-13,22,25,28-33,35H,5,14-21H2,1-4H3,(H,53,59)(H2,54,56,61)(H2,55,57,62)/t22-,25+,28-,29-,30+,31+,32-,33+,35+,39+,40-/m1/s1. The van der Waals surface area contributed by atoms with E-state index in [0.717, 1.165) is 37.1 Å². The average Bonchev–Trinajstić information content (AvgIpc) is 3.54. The molecule has 6 rings (SSSR count). The maximum atomic E-state index is 13.4. The molecule has 342 valence electrons. The zero-order valence-corrected chi connectivity index (χ0v) is 36.3. The molecule has 0 radical (unpaired) electrons. The van der Waals surface area contributed by atoms with Crippen molar-refractivity contribution in [3.63, 3.8) is 0 Å². The molecule has 0 saturated heterocycles. The number of anilines is 2. The molecule has 0 aliphatic heterocycles. The lowest BCUT2D eigenvalue weighted by molar-refractivity contribution is -0.176. The number of fused-ring (bicyclic) bond motifs is 5. The smallest absolute Gasteiger partial charge is 0.469 e. The number of benzene rings is 2. The van der Waals surface area contributed by atoms with Crippen LogP contribution in [-0.4, -0.2) is 53.5 Å². The summed E-state index contributed by atoms with van der Waals surface area (Å²) in [7, 11) is 1.34. The summed E-state index contributed by atoms with van der Waals surface area (Å²) in [5.74, 6) is -2.51. The van der Waals surface area contributed by atoms with Crippen molar-refractivity contribution >= 4 is 57.9 Å². The normalized spacial score (nSPS) is 31.3. The molecule has 0 heterocycles. The van der Waals surface area contributed by atoms with Gasteiger partial charge >= 0.3 is 30.4 Å². The highest BCUT2D eigenvalue weighted by Gasteiger charge is 2.66. The van der Waals surface area contributed by atoms with E-state index in [1.807, 2.05) is 0 Å². The highest BCUT2D eigenvalue weighted by atomic mass is 32.1. The fourth-order valence-electron chi connectivity index (χ4n) is 11.8. The molecule has 1 amide bonds. The number of esters is 1. The van der Waals surface area contributed by atoms with Crippen LogP contribution in [0, 0.1) is 46.3 Å². The van der Waals surface area contributed by atoms with Crippen LogP contribution in [0.2, 0.25) is 0 Å². The number of nitrogens with one attached hydrogen (secondary N) is 5. The van der Waals surface area contributed by atoms with E-state index < -0.39 is 52.4 Å². The number of hydrogen-bond donors (Lipinski definition) is 5. The van der Waals surface area contributed by atoms with Gasteiger partial charge in [0.25, 0.3) is 0 Å². The number of rotatable bonds is 9. The van der Waals surface area contributed by atoms with Gasteiger partial charge in [0, 0.05) is 35.9 Å². The third-order valence-corrected chi connectivity index (χ3v) is 15.3. The van der Waals surface area contributed by atoms with Crippen LogP contribution in [0.25, 0.3) is 0 Å². The Kier molecular flexibility index (Phi) is 13.8. The van der Waals surface area contributed by atoms with Gasteiger partial charge in [-0.05, 0) is 171 Å². The van der Waals surface area contributed by atoms with Crippen LogP contribution >= 0.6 is 24.4 Å². The summed E-state index contributed by atoms with van der Waals surface area (Å²) in [4.78, 5) is 24.4. The average molecular weight is 922 g/mol. The minimum Gasteiger partial charge on any atom is -0.469 e. The Morgan fingerprint density at radius 2 is 1.31 bits per heavy atom. The van der Waals surface area contributed by atoms with Crippen molar-refractivity contribution in [2.75, 3.05) is 17.7 Å². The molecule has 4 aliphatic carbocycles. The highest BCUT2D eigenvalue weighted by Crippen LogP contribution is 2.68. The van der Waals surface area contributed by atoms with Gasteiger partial charge in [0.15, 0.2) is 10.2 Å². The van der Waals surface area contributed by atoms with E-state index in [4.69, 9.17) is 29.2 Å². The Labute approximate surface area is 365 Å². The van der Waals surface area contributed by atoms with Crippen molar-refractivity contribution in [1.29, 1.82) is 0 Å². The van der Waals surface area contributed by atoms with Crippen molar-refractivity contribution in [2.45, 2.75) is 115 Å². The third-order valence-electron chi connectivity index (χ3n) is 14.8. The van der Waals surface area contributed by atoms with Crippen molar-refractivity contribution in [1.82, 2.24) is 16.0 Å². The summed E-state index contributed by atoms with van der Waals surface area (Å²) in [6.45, 7) is 6.49. The van der Waals surface area contributed by atoms with Gasteiger partial charge in [0.05, 0.1) is 18.2 Å². The molecule has 4 aliphatic rings. The number of amides is 1. The zero-order valence-electron chi connectivity index (χ0n) is 34.6. The number of methoxy groups -OCH3 is 1. The summed E-state index contributed by atoms with van der Waals surface area (Å²) >= 11 is 11.6. The first kappa shape index (κ1) is 47.6. The summed E-state index contributed by atoms with van der Waals surface area (Å²) in [5, 5.41) is 15.7. The van der Waals surface area contributed by atoms with E-state index in [-0.39, 0.29) is 76.6 Å². The van der Waals surface area contributed by atoms with Gasteiger partial charge in [0.2, 0.25) is 0 Å². The Morgan fingerprint density at radius 1 is 0.758 bits per heavy atom. The predicted molar refractivity (Wildman–Crippen MR) is 224 cm³/mol. The summed E-state index contributed by atoms with van der Waals surface area (Å²) in [6, 6.07) is 7.60. The Morgan fingerprint density at radius 3 is 1.82 bits per heavy atom. The van der Waals surface area contributed by atoms with Crippen LogP contribution in [0.5, 0.6) is 0 Å². The molecule has 0 bridgehead atoms. The summed E-state index contributed by atoms with van der Waals surface area (Å²) in [5.41, 5.74) is -1.85. The van der Waals surface area contributed by atoms with E-state index in [0.29, 0.717) is 43.5 Å².